The van der Waals surface area contributed by atoms with Gasteiger partial charge in [-0.05, 0) is 15.9 Å². The highest BCUT2D eigenvalue weighted by atomic mass is 79.9. The number of nitro benzene ring substituents is 1. The number of halogens is 1. The van der Waals surface area contributed by atoms with E-state index >= 15 is 0 Å². The fourth-order valence-electron chi connectivity index (χ4n) is 1.06. The van der Waals surface area contributed by atoms with Crippen molar-refractivity contribution in [3.8, 4) is 11.5 Å². The molecule has 1 aromatic rings. The van der Waals surface area contributed by atoms with Crippen LogP contribution in [0.4, 0.5) is 5.69 Å². The van der Waals surface area contributed by atoms with Gasteiger partial charge in [-0.1, -0.05) is 0 Å². The molecule has 0 saturated carbocycles. The highest BCUT2D eigenvalue weighted by molar-refractivity contribution is 9.10. The molecule has 1 rings (SSSR count). The van der Waals surface area contributed by atoms with Crippen LogP contribution >= 0.6 is 15.9 Å². The van der Waals surface area contributed by atoms with Crippen molar-refractivity contribution in [3.05, 3.63) is 26.7 Å². The number of rotatable bonds is 5. The highest BCUT2D eigenvalue weighted by Crippen LogP contribution is 2.37. The van der Waals surface area contributed by atoms with E-state index in [1.807, 2.05) is 0 Å². The molecule has 6 nitrogen and oxygen atoms in total. The van der Waals surface area contributed by atoms with Crippen molar-refractivity contribution in [2.75, 3.05) is 21.0 Å². The molecule has 0 spiro atoms. The second-order valence-electron chi connectivity index (χ2n) is 2.76. The summed E-state index contributed by atoms with van der Waals surface area (Å²) in [5, 5.41) is 10.7. The number of nitrogens with zero attached hydrogens (tertiary/aromatic N) is 1. The fourth-order valence-corrected chi connectivity index (χ4v) is 1.50. The largest absolute Gasteiger partial charge is 0.490 e. The van der Waals surface area contributed by atoms with Gasteiger partial charge in [0.1, 0.15) is 5.75 Å². The lowest BCUT2D eigenvalue weighted by molar-refractivity contribution is -0.385. The maximum atomic E-state index is 10.7. The minimum Gasteiger partial charge on any atom is -0.490 e. The summed E-state index contributed by atoms with van der Waals surface area (Å²) in [7, 11) is 2.83. The summed E-state index contributed by atoms with van der Waals surface area (Å²) in [6.45, 7) is 0.0160. The van der Waals surface area contributed by atoms with Crippen LogP contribution in [0, 0.1) is 10.1 Å². The zero-order valence-electron chi connectivity index (χ0n) is 8.73. The lowest BCUT2D eigenvalue weighted by atomic mass is 10.3. The number of methoxy groups -OCH3 is 2. The molecule has 0 aromatic heterocycles. The standard InChI is InChI=1S/C9H10BrNO5/c1-14-5-16-8-4-7(11(12)13)9(15-2)3-6(8)10/h3-4H,5H2,1-2H3. The van der Waals surface area contributed by atoms with Gasteiger partial charge in [-0.25, -0.2) is 0 Å². The van der Waals surface area contributed by atoms with E-state index in [1.165, 1.54) is 26.4 Å². The second-order valence-corrected chi connectivity index (χ2v) is 3.62. The third kappa shape index (κ3) is 2.83. The van der Waals surface area contributed by atoms with E-state index in [9.17, 15) is 10.1 Å². The van der Waals surface area contributed by atoms with E-state index in [4.69, 9.17) is 14.2 Å². The Labute approximate surface area is 100 Å². The van der Waals surface area contributed by atoms with Crippen LogP contribution in [0.1, 0.15) is 0 Å². The summed E-state index contributed by atoms with van der Waals surface area (Å²) in [6, 6.07) is 2.76. The van der Waals surface area contributed by atoms with Gasteiger partial charge in [-0.2, -0.15) is 0 Å². The minimum absolute atomic E-state index is 0.0160. The Morgan fingerprint density at radius 3 is 2.56 bits per heavy atom. The molecule has 0 aliphatic carbocycles. The first-order valence-electron chi connectivity index (χ1n) is 4.23. The van der Waals surface area contributed by atoms with Crippen LogP contribution in [0.5, 0.6) is 11.5 Å². The van der Waals surface area contributed by atoms with Gasteiger partial charge in [-0.15, -0.1) is 0 Å². The Balaban J connectivity index is 3.11. The molecule has 0 atom stereocenters. The average molecular weight is 292 g/mol. The van der Waals surface area contributed by atoms with Crippen molar-refractivity contribution in [3.63, 3.8) is 0 Å². The maximum Gasteiger partial charge on any atom is 0.314 e. The summed E-state index contributed by atoms with van der Waals surface area (Å²) in [6.07, 6.45) is 0. The number of hydrogen-bond donors (Lipinski definition) is 0. The zero-order valence-corrected chi connectivity index (χ0v) is 10.3. The number of hydrogen-bond acceptors (Lipinski definition) is 5. The smallest absolute Gasteiger partial charge is 0.314 e. The van der Waals surface area contributed by atoms with Crippen molar-refractivity contribution in [1.82, 2.24) is 0 Å². The Hall–Kier alpha value is -1.34. The molecule has 1 aromatic carbocycles. The molecule has 0 saturated heterocycles. The molecule has 16 heavy (non-hydrogen) atoms. The maximum absolute atomic E-state index is 10.7. The van der Waals surface area contributed by atoms with Gasteiger partial charge < -0.3 is 14.2 Å². The predicted octanol–water partition coefficient (Wildman–Crippen LogP) is 2.35. The Kier molecular flexibility index (Phi) is 4.51. The van der Waals surface area contributed by atoms with Crippen LogP contribution in [-0.2, 0) is 4.74 Å². The Bertz CT molecular complexity index is 396. The third-order valence-electron chi connectivity index (χ3n) is 1.76. The van der Waals surface area contributed by atoms with Gasteiger partial charge in [0.2, 0.25) is 0 Å². The normalized spacial score (nSPS) is 9.94. The molecular formula is C9H10BrNO5. The minimum atomic E-state index is -0.537. The molecule has 0 aliphatic rings. The van der Waals surface area contributed by atoms with E-state index in [0.717, 1.165) is 0 Å². The topological polar surface area (TPSA) is 70.8 Å². The van der Waals surface area contributed by atoms with E-state index < -0.39 is 4.92 Å². The molecule has 0 radical (unpaired) electrons. The van der Waals surface area contributed by atoms with E-state index in [-0.39, 0.29) is 18.2 Å². The summed E-state index contributed by atoms with van der Waals surface area (Å²) >= 11 is 3.22. The SMILES string of the molecule is COCOc1cc([N+](=O)[O-])c(OC)cc1Br. The first kappa shape index (κ1) is 12.7. The number of nitro groups is 1. The molecule has 7 heteroatoms. The molecule has 0 aliphatic heterocycles. The van der Waals surface area contributed by atoms with E-state index in [0.29, 0.717) is 10.2 Å². The number of ether oxygens (including phenoxy) is 3. The van der Waals surface area contributed by atoms with Gasteiger partial charge in [0, 0.05) is 13.2 Å². The predicted molar refractivity (Wildman–Crippen MR) is 59.9 cm³/mol. The monoisotopic (exact) mass is 291 g/mol. The summed E-state index contributed by atoms with van der Waals surface area (Å²) in [4.78, 5) is 10.2. The summed E-state index contributed by atoms with van der Waals surface area (Å²) in [5.41, 5.74) is -0.156. The summed E-state index contributed by atoms with van der Waals surface area (Å²) in [5.74, 6) is 0.496. The molecule has 0 bridgehead atoms. The Morgan fingerprint density at radius 1 is 1.38 bits per heavy atom. The van der Waals surface area contributed by atoms with Crippen molar-refractivity contribution in [2.45, 2.75) is 0 Å². The number of benzene rings is 1. The van der Waals surface area contributed by atoms with Crippen LogP contribution in [0.2, 0.25) is 0 Å². The lowest BCUT2D eigenvalue weighted by Crippen LogP contribution is -2.01. The molecule has 0 heterocycles. The van der Waals surface area contributed by atoms with Gasteiger partial charge in [0.15, 0.2) is 12.5 Å². The molecule has 88 valence electrons. The molecule has 0 N–H and O–H groups in total. The third-order valence-corrected chi connectivity index (χ3v) is 2.38. The molecule has 0 unspecified atom stereocenters. The highest BCUT2D eigenvalue weighted by Gasteiger charge is 2.18. The molecule has 0 fully saturated rings. The van der Waals surface area contributed by atoms with Gasteiger partial charge >= 0.3 is 5.69 Å². The van der Waals surface area contributed by atoms with Crippen LogP contribution in [-0.4, -0.2) is 25.9 Å². The first-order chi connectivity index (χ1) is 7.60. The van der Waals surface area contributed by atoms with Crippen LogP contribution < -0.4 is 9.47 Å². The summed E-state index contributed by atoms with van der Waals surface area (Å²) < 4.78 is 15.3. The van der Waals surface area contributed by atoms with Crippen molar-refractivity contribution in [2.24, 2.45) is 0 Å². The second kappa shape index (κ2) is 5.66. The fraction of sp³-hybridized carbons (Fsp3) is 0.333. The van der Waals surface area contributed by atoms with Crippen molar-refractivity contribution < 1.29 is 19.1 Å². The van der Waals surface area contributed by atoms with Gasteiger partial charge in [0.25, 0.3) is 0 Å². The van der Waals surface area contributed by atoms with Crippen molar-refractivity contribution in [1.29, 1.82) is 0 Å². The molecule has 0 amide bonds. The quantitative estimate of drug-likeness (QED) is 0.473. The van der Waals surface area contributed by atoms with E-state index in [1.54, 1.807) is 0 Å². The van der Waals surface area contributed by atoms with Crippen LogP contribution in [0.25, 0.3) is 0 Å². The first-order valence-corrected chi connectivity index (χ1v) is 5.03. The average Bonchev–Trinajstić information content (AvgIpc) is 2.26. The van der Waals surface area contributed by atoms with Crippen molar-refractivity contribution >= 4 is 21.6 Å². The van der Waals surface area contributed by atoms with Crippen LogP contribution in [0.3, 0.4) is 0 Å². The van der Waals surface area contributed by atoms with Crippen LogP contribution in [0.15, 0.2) is 16.6 Å². The van der Waals surface area contributed by atoms with Gasteiger partial charge in [-0.3, -0.25) is 10.1 Å². The zero-order chi connectivity index (χ0) is 12.1. The van der Waals surface area contributed by atoms with E-state index in [2.05, 4.69) is 15.9 Å². The lowest BCUT2D eigenvalue weighted by Gasteiger charge is -2.08. The Morgan fingerprint density at radius 2 is 2.06 bits per heavy atom. The molecular weight excluding hydrogens is 282 g/mol. The van der Waals surface area contributed by atoms with Gasteiger partial charge in [0.05, 0.1) is 22.6 Å².